The molecule has 0 spiro atoms. The molecule has 6 nitrogen and oxygen atoms in total. The number of esters is 1. The molecule has 0 amide bonds. The van der Waals surface area contributed by atoms with Crippen LogP contribution in [0.3, 0.4) is 0 Å². The van der Waals surface area contributed by atoms with Crippen molar-refractivity contribution in [1.29, 1.82) is 0 Å². The van der Waals surface area contributed by atoms with Crippen molar-refractivity contribution in [1.82, 2.24) is 15.0 Å². The van der Waals surface area contributed by atoms with Crippen LogP contribution in [0.15, 0.2) is 6.20 Å². The maximum absolute atomic E-state index is 11.0. The van der Waals surface area contributed by atoms with E-state index in [2.05, 4.69) is 10.3 Å². The highest BCUT2D eigenvalue weighted by Gasteiger charge is 2.03. The molecule has 15 heavy (non-hydrogen) atoms. The number of hydrogen-bond donors (Lipinski definition) is 0. The van der Waals surface area contributed by atoms with Gasteiger partial charge in [0.25, 0.3) is 0 Å². The van der Waals surface area contributed by atoms with Crippen LogP contribution in [0.4, 0.5) is 0 Å². The molecular formula is C9H13N3O3. The lowest BCUT2D eigenvalue weighted by atomic mass is 10.3. The Balaban J connectivity index is 2.25. The molecule has 6 heteroatoms. The van der Waals surface area contributed by atoms with E-state index in [1.807, 2.05) is 0 Å². The lowest BCUT2D eigenvalue weighted by Crippen LogP contribution is -2.06. The van der Waals surface area contributed by atoms with E-state index >= 15 is 0 Å². The van der Waals surface area contributed by atoms with E-state index in [-0.39, 0.29) is 5.97 Å². The van der Waals surface area contributed by atoms with E-state index in [9.17, 15) is 9.59 Å². The summed E-state index contributed by atoms with van der Waals surface area (Å²) in [5, 5.41) is 7.31. The van der Waals surface area contributed by atoms with E-state index in [0.717, 1.165) is 0 Å². The fourth-order valence-electron chi connectivity index (χ4n) is 1.10. The Kier molecular flexibility index (Phi) is 4.46. The molecule has 0 aromatic carbocycles. The van der Waals surface area contributed by atoms with Gasteiger partial charge < -0.3 is 4.74 Å². The van der Waals surface area contributed by atoms with Crippen molar-refractivity contribution < 1.29 is 14.3 Å². The van der Waals surface area contributed by atoms with Crippen molar-refractivity contribution in [3.63, 3.8) is 0 Å². The first-order chi connectivity index (χ1) is 7.26. The summed E-state index contributed by atoms with van der Waals surface area (Å²) in [6.07, 6.45) is 3.15. The Morgan fingerprint density at radius 1 is 1.67 bits per heavy atom. The Bertz CT molecular complexity index is 335. The number of aromatic nitrogens is 3. The van der Waals surface area contributed by atoms with Crippen LogP contribution in [-0.4, -0.2) is 33.9 Å². The summed E-state index contributed by atoms with van der Waals surface area (Å²) in [6, 6.07) is 0. The minimum Gasteiger partial charge on any atom is -0.466 e. The molecule has 0 unspecified atom stereocenters. The number of aldehydes is 1. The van der Waals surface area contributed by atoms with E-state index < -0.39 is 0 Å². The number of carbonyl (C=O) groups excluding carboxylic acids is 2. The molecule has 0 saturated heterocycles. The van der Waals surface area contributed by atoms with E-state index in [1.165, 1.54) is 10.9 Å². The predicted octanol–water partition coefficient (Wildman–Crippen LogP) is 0.434. The minimum absolute atomic E-state index is 0.215. The van der Waals surface area contributed by atoms with Gasteiger partial charge in [-0.25, -0.2) is 0 Å². The quantitative estimate of drug-likeness (QED) is 0.504. The number of nitrogens with zero attached hydrogens (tertiary/aromatic N) is 3. The van der Waals surface area contributed by atoms with Crippen LogP contribution >= 0.6 is 0 Å². The summed E-state index contributed by atoms with van der Waals surface area (Å²) in [6.45, 7) is 2.72. The van der Waals surface area contributed by atoms with Crippen LogP contribution in [0.2, 0.25) is 0 Å². The Hall–Kier alpha value is -1.72. The van der Waals surface area contributed by atoms with Gasteiger partial charge in [0, 0.05) is 13.0 Å². The van der Waals surface area contributed by atoms with Crippen LogP contribution in [-0.2, 0) is 16.1 Å². The molecule has 0 fully saturated rings. The number of aryl methyl sites for hydroxylation is 1. The first-order valence-electron chi connectivity index (χ1n) is 4.77. The maximum Gasteiger partial charge on any atom is 0.305 e. The highest BCUT2D eigenvalue weighted by molar-refractivity contribution is 5.70. The molecule has 0 aliphatic rings. The monoisotopic (exact) mass is 211 g/mol. The van der Waals surface area contributed by atoms with E-state index in [1.54, 1.807) is 6.92 Å². The number of rotatable bonds is 6. The number of ether oxygens (including phenoxy) is 1. The molecule has 82 valence electrons. The van der Waals surface area contributed by atoms with Gasteiger partial charge in [0.15, 0.2) is 6.29 Å². The third kappa shape index (κ3) is 3.88. The molecule has 0 aliphatic carbocycles. The van der Waals surface area contributed by atoms with Crippen molar-refractivity contribution in [3.05, 3.63) is 11.9 Å². The largest absolute Gasteiger partial charge is 0.466 e. The van der Waals surface area contributed by atoms with Crippen molar-refractivity contribution >= 4 is 12.3 Å². The summed E-state index contributed by atoms with van der Waals surface area (Å²) in [7, 11) is 0. The summed E-state index contributed by atoms with van der Waals surface area (Å²) in [5.41, 5.74) is 0.297. The van der Waals surface area contributed by atoms with Gasteiger partial charge in [-0.3, -0.25) is 14.3 Å². The Labute approximate surface area is 87.2 Å². The minimum atomic E-state index is -0.215. The molecule has 0 N–H and O–H groups in total. The lowest BCUT2D eigenvalue weighted by molar-refractivity contribution is -0.143. The van der Waals surface area contributed by atoms with Crippen LogP contribution < -0.4 is 0 Å². The molecule has 0 atom stereocenters. The normalized spacial score (nSPS) is 9.93. The smallest absolute Gasteiger partial charge is 0.305 e. The third-order valence-corrected chi connectivity index (χ3v) is 1.75. The first kappa shape index (κ1) is 11.4. The van der Waals surface area contributed by atoms with Gasteiger partial charge in [0.2, 0.25) is 0 Å². The highest BCUT2D eigenvalue weighted by atomic mass is 16.5. The van der Waals surface area contributed by atoms with Crippen molar-refractivity contribution in [2.24, 2.45) is 0 Å². The molecule has 1 heterocycles. The number of hydrogen-bond acceptors (Lipinski definition) is 5. The van der Waals surface area contributed by atoms with Gasteiger partial charge in [-0.05, 0) is 13.3 Å². The second-order valence-corrected chi connectivity index (χ2v) is 2.93. The molecule has 0 bridgehead atoms. The highest BCUT2D eigenvalue weighted by Crippen LogP contribution is 1.97. The van der Waals surface area contributed by atoms with Gasteiger partial charge in [0.1, 0.15) is 5.69 Å². The zero-order valence-corrected chi connectivity index (χ0v) is 8.55. The van der Waals surface area contributed by atoms with Crippen LogP contribution in [0.5, 0.6) is 0 Å². The molecule has 0 radical (unpaired) electrons. The fraction of sp³-hybridized carbons (Fsp3) is 0.556. The van der Waals surface area contributed by atoms with Crippen molar-refractivity contribution in [2.45, 2.75) is 26.3 Å². The molecular weight excluding hydrogens is 198 g/mol. The topological polar surface area (TPSA) is 74.1 Å². The average molecular weight is 211 g/mol. The van der Waals surface area contributed by atoms with Gasteiger partial charge >= 0.3 is 5.97 Å². The molecule has 1 rings (SSSR count). The summed E-state index contributed by atoms with van der Waals surface area (Å²) in [4.78, 5) is 21.3. The zero-order chi connectivity index (χ0) is 11.1. The SMILES string of the molecule is CCOC(=O)CCCn1cc(C=O)nn1. The Morgan fingerprint density at radius 3 is 3.07 bits per heavy atom. The lowest BCUT2D eigenvalue weighted by Gasteiger charge is -2.01. The molecule has 1 aromatic rings. The summed E-state index contributed by atoms with van der Waals surface area (Å²) < 4.78 is 6.30. The van der Waals surface area contributed by atoms with E-state index in [0.29, 0.717) is 38.0 Å². The van der Waals surface area contributed by atoms with E-state index in [4.69, 9.17) is 4.74 Å². The summed E-state index contributed by atoms with van der Waals surface area (Å²) in [5.74, 6) is -0.215. The third-order valence-electron chi connectivity index (χ3n) is 1.75. The molecule has 1 aromatic heterocycles. The van der Waals surface area contributed by atoms with Gasteiger partial charge in [-0.15, -0.1) is 5.10 Å². The summed E-state index contributed by atoms with van der Waals surface area (Å²) >= 11 is 0. The number of carbonyl (C=O) groups is 2. The average Bonchev–Trinajstić information content (AvgIpc) is 2.66. The maximum atomic E-state index is 11.0. The van der Waals surface area contributed by atoms with Crippen LogP contribution in [0.25, 0.3) is 0 Å². The van der Waals surface area contributed by atoms with Gasteiger partial charge in [0.05, 0.1) is 12.8 Å². The molecule has 0 aliphatic heterocycles. The Morgan fingerprint density at radius 2 is 2.47 bits per heavy atom. The van der Waals surface area contributed by atoms with Crippen molar-refractivity contribution in [2.75, 3.05) is 6.61 Å². The first-order valence-corrected chi connectivity index (χ1v) is 4.77. The predicted molar refractivity (Wildman–Crippen MR) is 51.3 cm³/mol. The van der Waals surface area contributed by atoms with Crippen LogP contribution in [0, 0.1) is 0 Å². The standard InChI is InChI=1S/C9H13N3O3/c1-2-15-9(14)4-3-5-12-6-8(7-13)10-11-12/h6-7H,2-5H2,1H3. The zero-order valence-electron chi connectivity index (χ0n) is 8.55. The fourth-order valence-corrected chi connectivity index (χ4v) is 1.10. The van der Waals surface area contributed by atoms with Crippen molar-refractivity contribution in [3.8, 4) is 0 Å². The molecule has 0 saturated carbocycles. The second-order valence-electron chi connectivity index (χ2n) is 2.93. The van der Waals surface area contributed by atoms with Crippen LogP contribution in [0.1, 0.15) is 30.3 Å². The second kappa shape index (κ2) is 5.90. The van der Waals surface area contributed by atoms with Gasteiger partial charge in [-0.1, -0.05) is 5.21 Å². The van der Waals surface area contributed by atoms with Gasteiger partial charge in [-0.2, -0.15) is 0 Å².